The van der Waals surface area contributed by atoms with Gasteiger partial charge in [-0.25, -0.2) is 9.89 Å². The number of rotatable bonds is 7. The summed E-state index contributed by atoms with van der Waals surface area (Å²) in [5, 5.41) is 6.79. The Labute approximate surface area is 97.4 Å². The van der Waals surface area contributed by atoms with Crippen LogP contribution in [0.2, 0.25) is 0 Å². The van der Waals surface area contributed by atoms with E-state index in [1.54, 1.807) is 0 Å². The van der Waals surface area contributed by atoms with E-state index in [9.17, 15) is 9.59 Å². The van der Waals surface area contributed by atoms with Crippen LogP contribution in [0.15, 0.2) is 9.95 Å². The van der Waals surface area contributed by atoms with Crippen LogP contribution in [0.4, 0.5) is 0 Å². The SMILES string of the molecule is CCCn1c(SCC(=O)COC)n[nH]c1=O. The van der Waals surface area contributed by atoms with Crippen molar-refractivity contribution in [2.75, 3.05) is 19.5 Å². The molecule has 0 aromatic carbocycles. The topological polar surface area (TPSA) is 77.0 Å². The van der Waals surface area contributed by atoms with Gasteiger partial charge < -0.3 is 4.74 Å². The Bertz CT molecular complexity index is 399. The highest BCUT2D eigenvalue weighted by molar-refractivity contribution is 7.99. The number of nitrogens with zero attached hydrogens (tertiary/aromatic N) is 2. The van der Waals surface area contributed by atoms with E-state index in [1.165, 1.54) is 23.4 Å². The Morgan fingerprint density at radius 2 is 2.38 bits per heavy atom. The van der Waals surface area contributed by atoms with Gasteiger partial charge in [0, 0.05) is 13.7 Å². The molecule has 90 valence electrons. The van der Waals surface area contributed by atoms with Gasteiger partial charge in [-0.2, -0.15) is 0 Å². The first kappa shape index (κ1) is 13.0. The molecule has 1 aromatic heterocycles. The minimum atomic E-state index is -0.233. The highest BCUT2D eigenvalue weighted by Gasteiger charge is 2.10. The third-order valence-corrected chi connectivity index (χ3v) is 2.87. The summed E-state index contributed by atoms with van der Waals surface area (Å²) in [5.41, 5.74) is -0.233. The molecule has 1 N–H and O–H groups in total. The number of methoxy groups -OCH3 is 1. The molecule has 1 aromatic rings. The second kappa shape index (κ2) is 6.49. The number of carbonyl (C=O) groups excluding carboxylic acids is 1. The summed E-state index contributed by atoms with van der Waals surface area (Å²) in [4.78, 5) is 22.5. The molecular weight excluding hydrogens is 230 g/mol. The fourth-order valence-electron chi connectivity index (χ4n) is 1.18. The zero-order valence-electron chi connectivity index (χ0n) is 9.36. The van der Waals surface area contributed by atoms with E-state index in [0.29, 0.717) is 11.7 Å². The van der Waals surface area contributed by atoms with Gasteiger partial charge in [0.1, 0.15) is 6.61 Å². The van der Waals surface area contributed by atoms with Gasteiger partial charge in [0.2, 0.25) is 0 Å². The van der Waals surface area contributed by atoms with Gasteiger partial charge in [0.15, 0.2) is 10.9 Å². The Hall–Kier alpha value is -1.08. The maximum absolute atomic E-state index is 11.3. The molecule has 0 spiro atoms. The molecule has 0 aliphatic rings. The van der Waals surface area contributed by atoms with E-state index in [1.807, 2.05) is 6.92 Å². The summed E-state index contributed by atoms with van der Waals surface area (Å²) in [5.74, 6) is 0.243. The minimum Gasteiger partial charge on any atom is -0.377 e. The minimum absolute atomic E-state index is 0.0222. The number of ether oxygens (including phenoxy) is 1. The van der Waals surface area contributed by atoms with Crippen molar-refractivity contribution in [3.05, 3.63) is 10.5 Å². The zero-order chi connectivity index (χ0) is 12.0. The number of Topliss-reactive ketones (excluding diaryl/α,β-unsaturated/α-hetero) is 1. The third kappa shape index (κ3) is 3.49. The first-order chi connectivity index (χ1) is 7.69. The van der Waals surface area contributed by atoms with E-state index in [2.05, 4.69) is 10.2 Å². The molecule has 16 heavy (non-hydrogen) atoms. The number of hydrogen-bond acceptors (Lipinski definition) is 5. The molecule has 0 amide bonds. The highest BCUT2D eigenvalue weighted by Crippen LogP contribution is 2.13. The summed E-state index contributed by atoms with van der Waals surface area (Å²) >= 11 is 1.25. The van der Waals surface area contributed by atoms with Crippen molar-refractivity contribution in [3.63, 3.8) is 0 Å². The first-order valence-electron chi connectivity index (χ1n) is 4.97. The summed E-state index contributed by atoms with van der Waals surface area (Å²) in [6, 6.07) is 0. The Morgan fingerprint density at radius 3 is 3.00 bits per heavy atom. The average Bonchev–Trinajstić information content (AvgIpc) is 2.59. The van der Waals surface area contributed by atoms with Crippen molar-refractivity contribution in [1.82, 2.24) is 14.8 Å². The van der Waals surface area contributed by atoms with Crippen molar-refractivity contribution in [3.8, 4) is 0 Å². The molecule has 0 radical (unpaired) electrons. The molecule has 1 heterocycles. The van der Waals surface area contributed by atoms with Crippen molar-refractivity contribution in [1.29, 1.82) is 0 Å². The van der Waals surface area contributed by atoms with Gasteiger partial charge in [-0.1, -0.05) is 18.7 Å². The number of carbonyl (C=O) groups is 1. The molecule has 0 aliphatic carbocycles. The molecule has 0 unspecified atom stereocenters. The lowest BCUT2D eigenvalue weighted by Gasteiger charge is -2.02. The predicted molar refractivity (Wildman–Crippen MR) is 60.7 cm³/mol. The maximum atomic E-state index is 11.3. The number of ketones is 1. The third-order valence-electron chi connectivity index (χ3n) is 1.84. The van der Waals surface area contributed by atoms with Crippen molar-refractivity contribution in [2.45, 2.75) is 25.0 Å². The fourth-order valence-corrected chi connectivity index (χ4v) is 2.00. The normalized spacial score (nSPS) is 10.6. The highest BCUT2D eigenvalue weighted by atomic mass is 32.2. The molecule has 0 saturated heterocycles. The van der Waals surface area contributed by atoms with Crippen LogP contribution in [0.1, 0.15) is 13.3 Å². The van der Waals surface area contributed by atoms with Crippen LogP contribution in [0.25, 0.3) is 0 Å². The van der Waals surface area contributed by atoms with Gasteiger partial charge in [-0.15, -0.1) is 5.10 Å². The largest absolute Gasteiger partial charge is 0.377 e. The molecule has 0 fully saturated rings. The number of hydrogen-bond donors (Lipinski definition) is 1. The molecule has 0 saturated carbocycles. The lowest BCUT2D eigenvalue weighted by atomic mass is 10.5. The van der Waals surface area contributed by atoms with Crippen molar-refractivity contribution < 1.29 is 9.53 Å². The van der Waals surface area contributed by atoms with Crippen LogP contribution in [0, 0.1) is 0 Å². The van der Waals surface area contributed by atoms with Crippen molar-refractivity contribution in [2.24, 2.45) is 0 Å². The Kier molecular flexibility index (Phi) is 5.27. The van der Waals surface area contributed by atoms with Crippen LogP contribution in [-0.4, -0.2) is 40.0 Å². The van der Waals surface area contributed by atoms with Gasteiger partial charge in [0.05, 0.1) is 5.75 Å². The van der Waals surface area contributed by atoms with Crippen LogP contribution in [0.5, 0.6) is 0 Å². The standard InChI is InChI=1S/C9H15N3O3S/c1-3-4-12-8(14)10-11-9(12)16-6-7(13)5-15-2/h3-6H2,1-2H3,(H,10,14). The van der Waals surface area contributed by atoms with E-state index in [4.69, 9.17) is 4.74 Å². The quantitative estimate of drug-likeness (QED) is 0.699. The molecule has 0 bridgehead atoms. The lowest BCUT2D eigenvalue weighted by Crippen LogP contribution is -2.18. The molecule has 6 nitrogen and oxygen atoms in total. The Balaban J connectivity index is 2.60. The maximum Gasteiger partial charge on any atom is 0.343 e. The lowest BCUT2D eigenvalue weighted by molar-refractivity contribution is -0.120. The smallest absolute Gasteiger partial charge is 0.343 e. The van der Waals surface area contributed by atoms with E-state index >= 15 is 0 Å². The summed E-state index contributed by atoms with van der Waals surface area (Å²) < 4.78 is 6.25. The molecular formula is C9H15N3O3S. The van der Waals surface area contributed by atoms with Gasteiger partial charge in [0.25, 0.3) is 0 Å². The molecule has 0 aliphatic heterocycles. The fraction of sp³-hybridized carbons (Fsp3) is 0.667. The van der Waals surface area contributed by atoms with Gasteiger partial charge in [-0.05, 0) is 6.42 Å². The van der Waals surface area contributed by atoms with Gasteiger partial charge >= 0.3 is 5.69 Å². The van der Waals surface area contributed by atoms with Crippen LogP contribution in [0.3, 0.4) is 0 Å². The van der Waals surface area contributed by atoms with Crippen LogP contribution in [-0.2, 0) is 16.1 Å². The average molecular weight is 245 g/mol. The van der Waals surface area contributed by atoms with Crippen LogP contribution < -0.4 is 5.69 Å². The molecule has 1 rings (SSSR count). The van der Waals surface area contributed by atoms with E-state index in [-0.39, 0.29) is 23.8 Å². The second-order valence-electron chi connectivity index (χ2n) is 3.22. The monoisotopic (exact) mass is 245 g/mol. The van der Waals surface area contributed by atoms with Gasteiger partial charge in [-0.3, -0.25) is 9.36 Å². The number of H-pyrrole nitrogens is 1. The summed E-state index contributed by atoms with van der Waals surface area (Å²) in [7, 11) is 1.48. The van der Waals surface area contributed by atoms with Crippen molar-refractivity contribution >= 4 is 17.5 Å². The van der Waals surface area contributed by atoms with E-state index in [0.717, 1.165) is 6.42 Å². The molecule has 0 atom stereocenters. The number of aromatic nitrogens is 3. The first-order valence-corrected chi connectivity index (χ1v) is 5.96. The van der Waals surface area contributed by atoms with E-state index < -0.39 is 0 Å². The zero-order valence-corrected chi connectivity index (χ0v) is 10.2. The number of thioether (sulfide) groups is 1. The number of aromatic amines is 1. The summed E-state index contributed by atoms with van der Waals surface area (Å²) in [6.45, 7) is 2.68. The second-order valence-corrected chi connectivity index (χ2v) is 4.17. The van der Waals surface area contributed by atoms with Crippen LogP contribution >= 0.6 is 11.8 Å². The molecule has 7 heteroatoms. The Morgan fingerprint density at radius 1 is 1.62 bits per heavy atom. The predicted octanol–water partition coefficient (Wildman–Crippen LogP) is 0.289. The summed E-state index contributed by atoms with van der Waals surface area (Å²) in [6.07, 6.45) is 0.846. The number of nitrogens with one attached hydrogen (secondary N) is 1.